The maximum absolute atomic E-state index is 11.8. The number of hydrogen-bond donors (Lipinski definition) is 1. The van der Waals surface area contributed by atoms with Crippen LogP contribution in [0.15, 0.2) is 72.8 Å². The maximum atomic E-state index is 11.8. The van der Waals surface area contributed by atoms with Crippen molar-refractivity contribution in [2.24, 2.45) is 0 Å². The second-order valence-corrected chi connectivity index (χ2v) is 8.43. The summed E-state index contributed by atoms with van der Waals surface area (Å²) >= 11 is 6.15. The summed E-state index contributed by atoms with van der Waals surface area (Å²) in [6, 6.07) is 23.8. The van der Waals surface area contributed by atoms with Gasteiger partial charge in [0.15, 0.2) is 16.5 Å². The molecule has 6 heteroatoms. The molecule has 1 N–H and O–H groups in total. The Balaban J connectivity index is 1.67. The van der Waals surface area contributed by atoms with Gasteiger partial charge in [-0.25, -0.2) is 14.6 Å². The van der Waals surface area contributed by atoms with E-state index < -0.39 is 5.97 Å². The Kier molecular flexibility index (Phi) is 7.10. The summed E-state index contributed by atoms with van der Waals surface area (Å²) in [4.78, 5) is 19.8. The van der Waals surface area contributed by atoms with Gasteiger partial charge in [-0.1, -0.05) is 97.7 Å². The van der Waals surface area contributed by atoms with Crippen molar-refractivity contribution in [1.82, 2.24) is 9.55 Å². The molecule has 0 atom stereocenters. The van der Waals surface area contributed by atoms with E-state index in [2.05, 4.69) is 16.8 Å². The fourth-order valence-corrected chi connectivity index (χ4v) is 4.29. The van der Waals surface area contributed by atoms with Gasteiger partial charge in [0.25, 0.3) is 0 Å². The Hall–Kier alpha value is -3.88. The molecule has 0 aliphatic carbocycles. The highest BCUT2D eigenvalue weighted by atomic mass is 35.5. The third-order valence-corrected chi connectivity index (χ3v) is 6.05. The Morgan fingerprint density at radius 2 is 1.74 bits per heavy atom. The predicted molar refractivity (Wildman–Crippen MR) is 135 cm³/mol. The molecule has 4 aromatic rings. The van der Waals surface area contributed by atoms with Crippen molar-refractivity contribution in [3.8, 4) is 22.3 Å². The first-order valence-corrected chi connectivity index (χ1v) is 11.5. The van der Waals surface area contributed by atoms with Gasteiger partial charge in [0.05, 0.1) is 6.57 Å². The lowest BCUT2D eigenvalue weighted by Gasteiger charge is -2.12. The van der Waals surface area contributed by atoms with Crippen molar-refractivity contribution in [3.05, 3.63) is 106 Å². The molecule has 5 nitrogen and oxygen atoms in total. The van der Waals surface area contributed by atoms with Crippen LogP contribution in [0, 0.1) is 6.57 Å². The third-order valence-electron chi connectivity index (χ3n) is 5.79. The number of aryl methyl sites for hydroxylation is 1. The number of hydrogen-bond acceptors (Lipinski definition) is 2. The lowest BCUT2D eigenvalue weighted by atomic mass is 9.97. The van der Waals surface area contributed by atoms with Crippen LogP contribution in [0.25, 0.3) is 27.1 Å². The molecule has 0 fully saturated rings. The van der Waals surface area contributed by atoms with Crippen LogP contribution < -0.4 is 0 Å². The summed E-state index contributed by atoms with van der Waals surface area (Å²) in [6.45, 7) is 10.0. The molecule has 0 aliphatic heterocycles. The summed E-state index contributed by atoms with van der Waals surface area (Å²) in [6.07, 6.45) is 2.55. The Morgan fingerprint density at radius 1 is 1.03 bits per heavy atom. The van der Waals surface area contributed by atoms with Crippen LogP contribution in [-0.4, -0.2) is 20.6 Å². The van der Waals surface area contributed by atoms with Gasteiger partial charge in [-0.3, -0.25) is 0 Å². The summed E-state index contributed by atoms with van der Waals surface area (Å²) in [5.41, 5.74) is 5.47. The van der Waals surface area contributed by atoms with E-state index >= 15 is 0 Å². The van der Waals surface area contributed by atoms with Crippen LogP contribution in [0.4, 0.5) is 5.69 Å². The van der Waals surface area contributed by atoms with Crippen molar-refractivity contribution >= 4 is 23.3 Å². The highest BCUT2D eigenvalue weighted by Crippen LogP contribution is 2.35. The number of unbranched alkanes of at least 4 members (excludes halogenated alkanes) is 1. The number of carboxylic acids is 1. The van der Waals surface area contributed by atoms with E-state index in [1.165, 1.54) is 0 Å². The number of benzene rings is 3. The minimum atomic E-state index is -1.09. The number of carboxylic acid groups (broad SMARTS) is 1. The zero-order chi connectivity index (χ0) is 24.1. The van der Waals surface area contributed by atoms with E-state index in [1.807, 2.05) is 72.8 Å². The highest BCUT2D eigenvalue weighted by molar-refractivity contribution is 6.32. The first-order chi connectivity index (χ1) is 16.5. The van der Waals surface area contributed by atoms with Crippen LogP contribution in [0.3, 0.4) is 0 Å². The third kappa shape index (κ3) is 4.88. The van der Waals surface area contributed by atoms with Gasteiger partial charge >= 0.3 is 5.97 Å². The zero-order valence-electron chi connectivity index (χ0n) is 18.8. The lowest BCUT2D eigenvalue weighted by molar-refractivity contribution is 0.0685. The fourth-order valence-electron chi connectivity index (χ4n) is 4.01. The normalized spacial score (nSPS) is 10.7. The minimum Gasteiger partial charge on any atom is -0.476 e. The van der Waals surface area contributed by atoms with Crippen molar-refractivity contribution in [1.29, 1.82) is 0 Å². The van der Waals surface area contributed by atoms with Gasteiger partial charge in [-0.15, -0.1) is 0 Å². The predicted octanol–water partition coefficient (Wildman–Crippen LogP) is 7.51. The quantitative estimate of drug-likeness (QED) is 0.271. The summed E-state index contributed by atoms with van der Waals surface area (Å²) in [7, 11) is 0. The number of nitrogens with zero attached hydrogens (tertiary/aromatic N) is 3. The molecule has 0 amide bonds. The molecule has 0 spiro atoms. The molecule has 1 aromatic heterocycles. The van der Waals surface area contributed by atoms with Gasteiger partial charge in [0.2, 0.25) is 0 Å². The van der Waals surface area contributed by atoms with Gasteiger partial charge in [-0.05, 0) is 34.2 Å². The Morgan fingerprint density at radius 3 is 2.38 bits per heavy atom. The van der Waals surface area contributed by atoms with Gasteiger partial charge < -0.3 is 9.67 Å². The van der Waals surface area contributed by atoms with E-state index in [9.17, 15) is 9.90 Å². The van der Waals surface area contributed by atoms with E-state index in [4.69, 9.17) is 18.2 Å². The fraction of sp³-hybridized carbons (Fsp3) is 0.179. The van der Waals surface area contributed by atoms with Crippen LogP contribution in [0.2, 0.25) is 5.15 Å². The number of halogens is 1. The molecule has 0 aliphatic rings. The highest BCUT2D eigenvalue weighted by Gasteiger charge is 2.21. The minimum absolute atomic E-state index is 0.0164. The van der Waals surface area contributed by atoms with E-state index in [1.54, 1.807) is 4.57 Å². The molecule has 1 heterocycles. The molecule has 170 valence electrons. The van der Waals surface area contributed by atoms with Crippen LogP contribution >= 0.6 is 11.6 Å². The Bertz CT molecular complexity index is 1350. The number of rotatable bonds is 8. The van der Waals surface area contributed by atoms with E-state index in [0.29, 0.717) is 24.5 Å². The van der Waals surface area contributed by atoms with Gasteiger partial charge in [-0.2, -0.15) is 0 Å². The SMILES string of the molecule is [C-]#[N+]c1ccc(-c2ccccc2)cc1-c1ccc(Cn2c(CCCC)nc(Cl)c2C(=O)O)cc1. The summed E-state index contributed by atoms with van der Waals surface area (Å²) in [5.74, 6) is -0.407. The first kappa shape index (κ1) is 23.3. The monoisotopic (exact) mass is 469 g/mol. The average Bonchev–Trinajstić information content (AvgIpc) is 3.18. The molecule has 4 rings (SSSR count). The standard InChI is InChI=1S/C28H24ClN3O2/c1-3-4-10-25-31-27(29)26(28(33)34)32(25)18-19-11-13-21(14-12-19)23-17-22(15-16-24(23)30-2)20-8-6-5-7-9-20/h5-9,11-17H,3-4,10,18H2,1H3,(H,33,34). The largest absolute Gasteiger partial charge is 0.476 e. The smallest absolute Gasteiger partial charge is 0.355 e. The van der Waals surface area contributed by atoms with Crippen LogP contribution in [-0.2, 0) is 13.0 Å². The molecular weight excluding hydrogens is 446 g/mol. The lowest BCUT2D eigenvalue weighted by Crippen LogP contribution is -2.13. The van der Waals surface area contributed by atoms with Gasteiger partial charge in [0, 0.05) is 13.0 Å². The van der Waals surface area contributed by atoms with Crippen molar-refractivity contribution < 1.29 is 9.90 Å². The molecule has 0 bridgehead atoms. The summed E-state index contributed by atoms with van der Waals surface area (Å²) in [5, 5.41) is 9.68. The van der Waals surface area contributed by atoms with Crippen molar-refractivity contribution in [2.75, 3.05) is 0 Å². The average molecular weight is 470 g/mol. The second-order valence-electron chi connectivity index (χ2n) is 8.07. The molecule has 0 radical (unpaired) electrons. The maximum Gasteiger partial charge on any atom is 0.355 e. The van der Waals surface area contributed by atoms with E-state index in [0.717, 1.165) is 40.7 Å². The number of carbonyl (C=O) groups is 1. The molecule has 0 unspecified atom stereocenters. The molecule has 3 aromatic carbocycles. The zero-order valence-corrected chi connectivity index (χ0v) is 19.6. The van der Waals surface area contributed by atoms with Crippen molar-refractivity contribution in [3.63, 3.8) is 0 Å². The molecule has 34 heavy (non-hydrogen) atoms. The molecule has 0 saturated heterocycles. The number of imidazole rings is 1. The Labute approximate surface area is 204 Å². The number of aromatic nitrogens is 2. The van der Waals surface area contributed by atoms with Crippen molar-refractivity contribution in [2.45, 2.75) is 32.7 Å². The molecular formula is C28H24ClN3O2. The topological polar surface area (TPSA) is 59.5 Å². The van der Waals surface area contributed by atoms with Gasteiger partial charge in [0.1, 0.15) is 5.82 Å². The summed E-state index contributed by atoms with van der Waals surface area (Å²) < 4.78 is 1.69. The molecule has 0 saturated carbocycles. The first-order valence-electron chi connectivity index (χ1n) is 11.2. The van der Waals surface area contributed by atoms with Crippen LogP contribution in [0.1, 0.15) is 41.6 Å². The second kappa shape index (κ2) is 10.4. The van der Waals surface area contributed by atoms with E-state index in [-0.39, 0.29) is 10.8 Å². The van der Waals surface area contributed by atoms with Crippen LogP contribution in [0.5, 0.6) is 0 Å². The number of aromatic carboxylic acids is 1.